The van der Waals surface area contributed by atoms with E-state index in [1.807, 2.05) is 6.92 Å². The third-order valence-corrected chi connectivity index (χ3v) is 12.9. The van der Waals surface area contributed by atoms with Crippen LogP contribution in [0.25, 0.3) is 0 Å². The lowest BCUT2D eigenvalue weighted by Gasteiger charge is -2.32. The first-order chi connectivity index (χ1) is 33.5. The highest BCUT2D eigenvalue weighted by molar-refractivity contribution is 7.80. The summed E-state index contributed by atoms with van der Waals surface area (Å²) in [6, 6.07) is -3.51. The van der Waals surface area contributed by atoms with Gasteiger partial charge in [-0.25, -0.2) is 4.79 Å². The quantitative estimate of drug-likeness (QED) is 0.0153. The molecular formula is C45H74N12O12S2. The number of carbonyl (C=O) groups is 9. The molecule has 1 aliphatic heterocycles. The van der Waals surface area contributed by atoms with Crippen LogP contribution >= 0.6 is 25.3 Å². The van der Waals surface area contributed by atoms with E-state index in [-0.39, 0.29) is 62.2 Å². The molecule has 0 bridgehead atoms. The van der Waals surface area contributed by atoms with Crippen LogP contribution in [-0.2, 0) is 49.6 Å². The predicted molar refractivity (Wildman–Crippen MR) is 269 cm³/mol. The zero-order chi connectivity index (χ0) is 53.5. The maximum absolute atomic E-state index is 14.3. The Bertz CT molecular complexity index is 2000. The Morgan fingerprint density at radius 2 is 1.25 bits per heavy atom. The minimum Gasteiger partial charge on any atom is -0.480 e. The standard InChI is InChI=1S/C45H74N12O12S2/c1-6-23(3)33(41(65)56-35(25(5)59)42(66)53-31(22-71)44(68)69)54-38(62)29(19-26-13-9-8-10-14-26)51-37(61)28(15-11-17-49-45(47)48)50-39(63)30(20-58)52-40(64)32-16-12-18-57(32)43(67)34(24(4)7-2)55-36(60)27(46)21-70/h8-10,13-14,23-25,27-35,58-59,70-71H,6-7,11-12,15-22,46H2,1-5H3,(H,50,63)(H,51,61)(H,52,64)(H,53,66)(H,54,62)(H,55,60)(H,56,65)(H,68,69)(H4,47,48,49)/t23-,24-,25+,27-,28-,29-,30-,31-,32-,33-,34-,35-/m0/s1. The summed E-state index contributed by atoms with van der Waals surface area (Å²) in [4.78, 5) is 127. The number of guanidine groups is 1. The van der Waals surface area contributed by atoms with Gasteiger partial charge < -0.3 is 74.6 Å². The van der Waals surface area contributed by atoms with E-state index in [1.165, 1.54) is 11.8 Å². The Morgan fingerprint density at radius 3 is 1.80 bits per heavy atom. The summed E-state index contributed by atoms with van der Waals surface area (Å²) in [6.07, 6.45) is -0.203. The fraction of sp³-hybridized carbons (Fsp3) is 0.644. The Kier molecular flexibility index (Phi) is 26.7. The first kappa shape index (κ1) is 61.4. The Labute approximate surface area is 424 Å². The van der Waals surface area contributed by atoms with Gasteiger partial charge in [-0.15, -0.1) is 0 Å². The molecule has 0 radical (unpaired) electrons. The number of amides is 8. The van der Waals surface area contributed by atoms with Crippen LogP contribution in [0.4, 0.5) is 0 Å². The number of aliphatic hydroxyl groups is 2. The number of aliphatic imine (C=N–C) groups is 1. The molecule has 0 saturated carbocycles. The molecule has 1 aromatic carbocycles. The van der Waals surface area contributed by atoms with Gasteiger partial charge >= 0.3 is 5.97 Å². The molecule has 1 saturated heterocycles. The topological polar surface area (TPSA) is 392 Å². The fourth-order valence-electron chi connectivity index (χ4n) is 7.40. The van der Waals surface area contributed by atoms with Gasteiger partial charge in [0.15, 0.2) is 5.96 Å². The number of benzene rings is 1. The number of rotatable bonds is 30. The van der Waals surface area contributed by atoms with Gasteiger partial charge in [0.1, 0.15) is 48.3 Å². The van der Waals surface area contributed by atoms with Crippen molar-refractivity contribution in [1.29, 1.82) is 0 Å². The second-order valence-corrected chi connectivity index (χ2v) is 18.3. The van der Waals surface area contributed by atoms with Crippen LogP contribution in [0.3, 0.4) is 0 Å². The highest BCUT2D eigenvalue weighted by Crippen LogP contribution is 2.22. The predicted octanol–water partition coefficient (Wildman–Crippen LogP) is -3.60. The second-order valence-electron chi connectivity index (χ2n) is 17.5. The molecule has 0 aliphatic carbocycles. The Morgan fingerprint density at radius 1 is 0.718 bits per heavy atom. The van der Waals surface area contributed by atoms with Crippen LogP contribution in [0.15, 0.2) is 35.3 Å². The number of likely N-dealkylation sites (tertiary alicyclic amines) is 1. The number of carboxylic acids is 1. The summed E-state index contributed by atoms with van der Waals surface area (Å²) in [7, 11) is 0. The largest absolute Gasteiger partial charge is 0.480 e. The van der Waals surface area contributed by atoms with Gasteiger partial charge in [-0.1, -0.05) is 70.9 Å². The van der Waals surface area contributed by atoms with E-state index in [4.69, 9.17) is 17.2 Å². The van der Waals surface area contributed by atoms with Gasteiger partial charge in [0.05, 0.1) is 18.8 Å². The summed E-state index contributed by atoms with van der Waals surface area (Å²) < 4.78 is 0. The molecule has 2 rings (SSSR count). The number of nitrogens with two attached hydrogens (primary N) is 3. The summed E-state index contributed by atoms with van der Waals surface area (Å²) in [6.45, 7) is 7.43. The molecule has 26 heteroatoms. The minimum atomic E-state index is -1.65. The van der Waals surface area contributed by atoms with Crippen molar-refractivity contribution in [3.05, 3.63) is 35.9 Å². The molecule has 1 aliphatic rings. The number of hydrogen-bond donors (Lipinski definition) is 15. The molecule has 0 spiro atoms. The molecule has 0 unspecified atom stereocenters. The van der Waals surface area contributed by atoms with Crippen molar-refractivity contribution in [2.24, 2.45) is 34.0 Å². The number of thiol groups is 2. The van der Waals surface area contributed by atoms with E-state index in [1.54, 1.807) is 51.1 Å². The molecule has 1 heterocycles. The van der Waals surface area contributed by atoms with Gasteiger partial charge in [0, 0.05) is 31.0 Å². The van der Waals surface area contributed by atoms with Crippen molar-refractivity contribution in [2.75, 3.05) is 31.2 Å². The highest BCUT2D eigenvalue weighted by Gasteiger charge is 2.41. The Balaban J connectivity index is 2.43. The van der Waals surface area contributed by atoms with E-state index in [0.29, 0.717) is 24.8 Å². The van der Waals surface area contributed by atoms with Gasteiger partial charge in [0.2, 0.25) is 47.3 Å². The normalized spacial score (nSPS) is 17.9. The average Bonchev–Trinajstić information content (AvgIpc) is 3.84. The Hall–Kier alpha value is -5.70. The molecule has 8 amide bonds. The van der Waals surface area contributed by atoms with E-state index in [2.05, 4.69) is 67.5 Å². The third kappa shape index (κ3) is 19.4. The summed E-state index contributed by atoms with van der Waals surface area (Å²) in [5.41, 5.74) is 17.4. The minimum absolute atomic E-state index is 0.0169. The number of nitrogens with one attached hydrogen (secondary N) is 7. The molecule has 0 aromatic heterocycles. The number of nitrogens with zero attached hydrogens (tertiary/aromatic N) is 2. The lowest BCUT2D eigenvalue weighted by Crippen LogP contribution is -2.62. The third-order valence-electron chi connectivity index (χ3n) is 12.1. The lowest BCUT2D eigenvalue weighted by atomic mass is 9.96. The molecule has 16 N–H and O–H groups in total. The van der Waals surface area contributed by atoms with Gasteiger partial charge in [-0.05, 0) is 50.0 Å². The number of aliphatic hydroxyl groups excluding tert-OH is 2. The van der Waals surface area contributed by atoms with Crippen molar-refractivity contribution in [2.45, 2.75) is 140 Å². The number of carbonyl (C=O) groups excluding carboxylic acids is 8. The number of hydrogen-bond acceptors (Lipinski definition) is 15. The monoisotopic (exact) mass is 1040 g/mol. The maximum Gasteiger partial charge on any atom is 0.327 e. The SMILES string of the molecule is CC[C@H](C)[C@H](NC(=O)[C@H](Cc1ccccc1)NC(=O)[C@H](CCCN=C(N)N)NC(=O)[C@H](CO)NC(=O)[C@@H]1CCCN1C(=O)[C@@H](NC(=O)[C@@H](N)CS)[C@@H](C)CC)C(=O)N[C@H](C(=O)N[C@@H](CS)C(=O)O)[C@@H](C)O. The van der Waals surface area contributed by atoms with Gasteiger partial charge in [0.25, 0.3) is 0 Å². The first-order valence-electron chi connectivity index (χ1n) is 23.6. The lowest BCUT2D eigenvalue weighted by molar-refractivity contribution is -0.143. The zero-order valence-corrected chi connectivity index (χ0v) is 42.6. The molecule has 398 valence electrons. The summed E-state index contributed by atoms with van der Waals surface area (Å²) in [5, 5.41) is 47.9. The molecular weight excluding hydrogens is 965 g/mol. The van der Waals surface area contributed by atoms with Crippen molar-refractivity contribution >= 4 is 84.4 Å². The number of carboxylic acid groups (broad SMARTS) is 1. The van der Waals surface area contributed by atoms with E-state index in [0.717, 1.165) is 0 Å². The van der Waals surface area contributed by atoms with E-state index in [9.17, 15) is 58.5 Å². The van der Waals surface area contributed by atoms with Crippen molar-refractivity contribution < 1.29 is 58.5 Å². The van der Waals surface area contributed by atoms with E-state index < -0.39 is 126 Å². The fourth-order valence-corrected chi connectivity index (χ4v) is 7.81. The average molecular weight is 1040 g/mol. The van der Waals surface area contributed by atoms with Crippen molar-refractivity contribution in [3.8, 4) is 0 Å². The van der Waals surface area contributed by atoms with Crippen LogP contribution in [0.5, 0.6) is 0 Å². The smallest absolute Gasteiger partial charge is 0.327 e. The first-order valence-corrected chi connectivity index (χ1v) is 24.8. The molecule has 71 heavy (non-hydrogen) atoms. The summed E-state index contributed by atoms with van der Waals surface area (Å²) >= 11 is 8.00. The molecule has 1 fully saturated rings. The number of aliphatic carboxylic acids is 1. The van der Waals surface area contributed by atoms with Crippen molar-refractivity contribution in [1.82, 2.24) is 42.1 Å². The van der Waals surface area contributed by atoms with Crippen molar-refractivity contribution in [3.63, 3.8) is 0 Å². The molecule has 12 atom stereocenters. The van der Waals surface area contributed by atoms with Crippen LogP contribution < -0.4 is 54.4 Å². The summed E-state index contributed by atoms with van der Waals surface area (Å²) in [5.74, 6) is -9.41. The van der Waals surface area contributed by atoms with Gasteiger partial charge in [-0.2, -0.15) is 25.3 Å². The zero-order valence-electron chi connectivity index (χ0n) is 40.8. The molecule has 24 nitrogen and oxygen atoms in total. The van der Waals surface area contributed by atoms with Crippen LogP contribution in [0, 0.1) is 11.8 Å². The maximum atomic E-state index is 14.3. The second kappa shape index (κ2) is 30.9. The van der Waals surface area contributed by atoms with Gasteiger partial charge in [-0.3, -0.25) is 43.3 Å². The van der Waals surface area contributed by atoms with Crippen LogP contribution in [0.1, 0.15) is 78.7 Å². The van der Waals surface area contributed by atoms with Crippen LogP contribution in [0.2, 0.25) is 0 Å². The molecule has 1 aromatic rings. The highest BCUT2D eigenvalue weighted by atomic mass is 32.1. The van der Waals surface area contributed by atoms with E-state index >= 15 is 0 Å². The van der Waals surface area contributed by atoms with Crippen LogP contribution in [-0.4, -0.2) is 171 Å².